The van der Waals surface area contributed by atoms with Crippen LogP contribution >= 0.6 is 0 Å². The maximum atomic E-state index is 11.4. The molecule has 1 unspecified atom stereocenters. The number of hydrogen-bond donors (Lipinski definition) is 1. The summed E-state index contributed by atoms with van der Waals surface area (Å²) in [5, 5.41) is 8.74. The third-order valence-electron chi connectivity index (χ3n) is 3.09. The SMILES string of the molecule is CCCN(CCCCO)C1CCS(=O)(=O)C1. The van der Waals surface area contributed by atoms with Gasteiger partial charge in [0, 0.05) is 12.6 Å². The second-order valence-corrected chi connectivity index (χ2v) is 6.75. The van der Waals surface area contributed by atoms with Crippen molar-refractivity contribution in [3.05, 3.63) is 0 Å². The lowest BCUT2D eigenvalue weighted by Gasteiger charge is -2.27. The molecule has 0 aromatic rings. The average molecular weight is 249 g/mol. The molecule has 0 amide bonds. The Hall–Kier alpha value is -0.130. The zero-order valence-electron chi connectivity index (χ0n) is 10.1. The molecule has 0 spiro atoms. The molecule has 1 aliphatic rings. The van der Waals surface area contributed by atoms with Gasteiger partial charge in [0.05, 0.1) is 11.5 Å². The molecule has 0 aliphatic carbocycles. The standard InChI is InChI=1S/C11H23NO3S/c1-2-6-12(7-3-4-8-13)11-5-9-16(14,15)10-11/h11,13H,2-10H2,1H3. The van der Waals surface area contributed by atoms with Crippen molar-refractivity contribution in [2.45, 2.75) is 38.6 Å². The molecule has 1 fully saturated rings. The molecule has 1 atom stereocenters. The smallest absolute Gasteiger partial charge is 0.151 e. The van der Waals surface area contributed by atoms with E-state index in [9.17, 15) is 8.42 Å². The fourth-order valence-electron chi connectivity index (χ4n) is 2.25. The van der Waals surface area contributed by atoms with Gasteiger partial charge < -0.3 is 5.11 Å². The Bertz CT molecular complexity index is 290. The van der Waals surface area contributed by atoms with E-state index in [0.717, 1.165) is 38.8 Å². The lowest BCUT2D eigenvalue weighted by molar-refractivity contribution is 0.198. The van der Waals surface area contributed by atoms with Gasteiger partial charge in [-0.15, -0.1) is 0 Å². The minimum Gasteiger partial charge on any atom is -0.396 e. The Labute approximate surface area is 98.6 Å². The van der Waals surface area contributed by atoms with Gasteiger partial charge in [0.2, 0.25) is 0 Å². The first-order valence-electron chi connectivity index (χ1n) is 6.14. The van der Waals surface area contributed by atoms with Crippen molar-refractivity contribution >= 4 is 9.84 Å². The van der Waals surface area contributed by atoms with Gasteiger partial charge in [-0.05, 0) is 38.8 Å². The first-order chi connectivity index (χ1) is 7.59. The van der Waals surface area contributed by atoms with Gasteiger partial charge >= 0.3 is 0 Å². The molecule has 0 bridgehead atoms. The molecule has 0 aromatic carbocycles. The van der Waals surface area contributed by atoms with Gasteiger partial charge in [0.25, 0.3) is 0 Å². The second-order valence-electron chi connectivity index (χ2n) is 4.52. The normalized spacial score (nSPS) is 24.1. The van der Waals surface area contributed by atoms with E-state index in [1.54, 1.807) is 0 Å². The van der Waals surface area contributed by atoms with Crippen LogP contribution in [0.25, 0.3) is 0 Å². The fraction of sp³-hybridized carbons (Fsp3) is 1.00. The predicted molar refractivity (Wildman–Crippen MR) is 65.2 cm³/mol. The molecule has 0 radical (unpaired) electrons. The zero-order chi connectivity index (χ0) is 12.0. The molecule has 0 saturated carbocycles. The molecule has 1 heterocycles. The van der Waals surface area contributed by atoms with Crippen molar-refractivity contribution in [1.82, 2.24) is 4.90 Å². The van der Waals surface area contributed by atoms with Crippen LogP contribution in [0.2, 0.25) is 0 Å². The molecular formula is C11H23NO3S. The highest BCUT2D eigenvalue weighted by Crippen LogP contribution is 2.18. The molecule has 5 heteroatoms. The Kier molecular flexibility index (Phi) is 5.72. The molecule has 4 nitrogen and oxygen atoms in total. The highest BCUT2D eigenvalue weighted by molar-refractivity contribution is 7.91. The fourth-order valence-corrected chi connectivity index (χ4v) is 4.02. The van der Waals surface area contributed by atoms with Crippen molar-refractivity contribution in [2.24, 2.45) is 0 Å². The van der Waals surface area contributed by atoms with E-state index in [-0.39, 0.29) is 12.6 Å². The monoisotopic (exact) mass is 249 g/mol. The molecule has 0 aromatic heterocycles. The largest absolute Gasteiger partial charge is 0.396 e. The average Bonchev–Trinajstić information content (AvgIpc) is 2.58. The molecule has 1 aliphatic heterocycles. The first kappa shape index (κ1) is 13.9. The van der Waals surface area contributed by atoms with Crippen LogP contribution in [0.4, 0.5) is 0 Å². The van der Waals surface area contributed by atoms with Crippen LogP contribution in [0.5, 0.6) is 0 Å². The van der Waals surface area contributed by atoms with Crippen molar-refractivity contribution in [2.75, 3.05) is 31.2 Å². The van der Waals surface area contributed by atoms with Gasteiger partial charge in [-0.3, -0.25) is 4.90 Å². The van der Waals surface area contributed by atoms with Crippen LogP contribution < -0.4 is 0 Å². The van der Waals surface area contributed by atoms with E-state index in [1.165, 1.54) is 0 Å². The van der Waals surface area contributed by atoms with E-state index >= 15 is 0 Å². The van der Waals surface area contributed by atoms with Gasteiger partial charge in [-0.25, -0.2) is 8.42 Å². The predicted octanol–water partition coefficient (Wildman–Crippen LogP) is 0.658. The molecule has 1 rings (SSSR count). The summed E-state index contributed by atoms with van der Waals surface area (Å²) in [4.78, 5) is 2.28. The van der Waals surface area contributed by atoms with Crippen LogP contribution in [-0.4, -0.2) is 55.7 Å². The molecular weight excluding hydrogens is 226 g/mol. The first-order valence-corrected chi connectivity index (χ1v) is 7.96. The van der Waals surface area contributed by atoms with Crippen LogP contribution in [0.15, 0.2) is 0 Å². The zero-order valence-corrected chi connectivity index (χ0v) is 10.9. The lowest BCUT2D eigenvalue weighted by atomic mass is 10.2. The topological polar surface area (TPSA) is 57.6 Å². The quantitative estimate of drug-likeness (QED) is 0.673. The summed E-state index contributed by atoms with van der Waals surface area (Å²) in [7, 11) is -2.78. The maximum Gasteiger partial charge on any atom is 0.151 e. The lowest BCUT2D eigenvalue weighted by Crippen LogP contribution is -2.37. The molecule has 1 saturated heterocycles. The molecule has 1 N–H and O–H groups in total. The summed E-state index contributed by atoms with van der Waals surface area (Å²) in [6, 6.07) is 0.212. The summed E-state index contributed by atoms with van der Waals surface area (Å²) >= 11 is 0. The maximum absolute atomic E-state index is 11.4. The van der Waals surface area contributed by atoms with Crippen LogP contribution in [0.3, 0.4) is 0 Å². The van der Waals surface area contributed by atoms with Crippen LogP contribution in [0, 0.1) is 0 Å². The van der Waals surface area contributed by atoms with Gasteiger partial charge in [0.15, 0.2) is 9.84 Å². The summed E-state index contributed by atoms with van der Waals surface area (Å²) < 4.78 is 22.8. The number of hydrogen-bond acceptors (Lipinski definition) is 4. The van der Waals surface area contributed by atoms with E-state index in [0.29, 0.717) is 11.5 Å². The highest BCUT2D eigenvalue weighted by atomic mass is 32.2. The minimum absolute atomic E-state index is 0.212. The summed E-state index contributed by atoms with van der Waals surface area (Å²) in [6.45, 7) is 4.21. The van der Waals surface area contributed by atoms with Crippen LogP contribution in [-0.2, 0) is 9.84 Å². The number of aliphatic hydroxyl groups excluding tert-OH is 1. The number of rotatable bonds is 7. The minimum atomic E-state index is -2.78. The molecule has 16 heavy (non-hydrogen) atoms. The van der Waals surface area contributed by atoms with Crippen molar-refractivity contribution in [1.29, 1.82) is 0 Å². The number of sulfone groups is 1. The van der Waals surface area contributed by atoms with E-state index < -0.39 is 9.84 Å². The van der Waals surface area contributed by atoms with Gasteiger partial charge in [-0.1, -0.05) is 6.92 Å². The Balaban J connectivity index is 2.43. The van der Waals surface area contributed by atoms with Gasteiger partial charge in [0.1, 0.15) is 0 Å². The number of nitrogens with zero attached hydrogens (tertiary/aromatic N) is 1. The number of unbranched alkanes of at least 4 members (excludes halogenated alkanes) is 1. The summed E-state index contributed by atoms with van der Waals surface area (Å²) in [5.41, 5.74) is 0. The van der Waals surface area contributed by atoms with Crippen molar-refractivity contribution in [3.63, 3.8) is 0 Å². The van der Waals surface area contributed by atoms with E-state index in [4.69, 9.17) is 5.11 Å². The molecule has 96 valence electrons. The van der Waals surface area contributed by atoms with Crippen molar-refractivity contribution in [3.8, 4) is 0 Å². The summed E-state index contributed by atoms with van der Waals surface area (Å²) in [5.74, 6) is 0.671. The Morgan fingerprint density at radius 2 is 2.06 bits per heavy atom. The third kappa shape index (κ3) is 4.39. The third-order valence-corrected chi connectivity index (χ3v) is 4.84. The van der Waals surface area contributed by atoms with Crippen LogP contribution in [0.1, 0.15) is 32.6 Å². The van der Waals surface area contributed by atoms with Crippen molar-refractivity contribution < 1.29 is 13.5 Å². The second kappa shape index (κ2) is 6.57. The van der Waals surface area contributed by atoms with E-state index in [2.05, 4.69) is 11.8 Å². The summed E-state index contributed by atoms with van der Waals surface area (Å²) in [6.07, 6.45) is 3.59. The Morgan fingerprint density at radius 1 is 1.31 bits per heavy atom. The highest BCUT2D eigenvalue weighted by Gasteiger charge is 2.31. The van der Waals surface area contributed by atoms with E-state index in [1.807, 2.05) is 0 Å². The van der Waals surface area contributed by atoms with Gasteiger partial charge in [-0.2, -0.15) is 0 Å². The Morgan fingerprint density at radius 3 is 2.56 bits per heavy atom. The number of aliphatic hydroxyl groups is 1.